The number of ether oxygens (including phenoxy) is 1. The van der Waals surface area contributed by atoms with E-state index in [9.17, 15) is 4.79 Å². The number of hydrogen-bond acceptors (Lipinski definition) is 3. The van der Waals surface area contributed by atoms with Crippen LogP contribution in [0, 0.1) is 0 Å². The summed E-state index contributed by atoms with van der Waals surface area (Å²) >= 11 is 12.1. The van der Waals surface area contributed by atoms with Gasteiger partial charge in [0.25, 0.3) is 5.91 Å². The number of amides is 1. The Bertz CT molecular complexity index is 666. The van der Waals surface area contributed by atoms with Crippen LogP contribution >= 0.6 is 23.2 Å². The normalized spacial score (nSPS) is 17.4. The van der Waals surface area contributed by atoms with Gasteiger partial charge in [0.05, 0.1) is 29.5 Å². The third-order valence-electron chi connectivity index (χ3n) is 3.82. The van der Waals surface area contributed by atoms with Gasteiger partial charge in [0.15, 0.2) is 0 Å². The Morgan fingerprint density at radius 2 is 2.17 bits per heavy atom. The molecular formula is C17H17Cl2NO3. The van der Waals surface area contributed by atoms with Crippen LogP contribution in [-0.4, -0.2) is 30.1 Å². The van der Waals surface area contributed by atoms with Gasteiger partial charge in [-0.1, -0.05) is 23.2 Å². The molecule has 6 heteroatoms. The topological polar surface area (TPSA) is 42.7 Å². The van der Waals surface area contributed by atoms with Crippen LogP contribution in [0.1, 0.15) is 29.0 Å². The second-order valence-electron chi connectivity index (χ2n) is 5.52. The molecule has 0 spiro atoms. The lowest BCUT2D eigenvalue weighted by Gasteiger charge is -2.25. The van der Waals surface area contributed by atoms with Crippen molar-refractivity contribution in [2.24, 2.45) is 0 Å². The van der Waals surface area contributed by atoms with Gasteiger partial charge in [-0.3, -0.25) is 4.79 Å². The van der Waals surface area contributed by atoms with Crippen molar-refractivity contribution >= 4 is 29.1 Å². The maximum absolute atomic E-state index is 12.9. The lowest BCUT2D eigenvalue weighted by atomic mass is 10.1. The zero-order valence-corrected chi connectivity index (χ0v) is 14.0. The molecule has 0 N–H and O–H groups in total. The number of halogens is 2. The highest BCUT2D eigenvalue weighted by molar-refractivity contribution is 6.36. The second-order valence-corrected chi connectivity index (χ2v) is 6.37. The van der Waals surface area contributed by atoms with Gasteiger partial charge in [-0.15, -0.1) is 0 Å². The number of nitrogens with zero attached hydrogens (tertiary/aromatic N) is 1. The van der Waals surface area contributed by atoms with Gasteiger partial charge in [-0.25, -0.2) is 0 Å². The van der Waals surface area contributed by atoms with E-state index in [1.807, 2.05) is 6.07 Å². The van der Waals surface area contributed by atoms with E-state index in [2.05, 4.69) is 0 Å². The summed E-state index contributed by atoms with van der Waals surface area (Å²) in [6.07, 6.45) is 3.63. The van der Waals surface area contributed by atoms with Crippen molar-refractivity contribution < 1.29 is 13.9 Å². The van der Waals surface area contributed by atoms with Crippen LogP contribution in [-0.2, 0) is 11.3 Å². The van der Waals surface area contributed by atoms with Gasteiger partial charge in [-0.2, -0.15) is 0 Å². The molecule has 1 amide bonds. The van der Waals surface area contributed by atoms with E-state index in [4.69, 9.17) is 32.4 Å². The summed E-state index contributed by atoms with van der Waals surface area (Å²) in [5, 5.41) is 0.850. The van der Waals surface area contributed by atoms with Crippen molar-refractivity contribution in [1.82, 2.24) is 4.90 Å². The summed E-state index contributed by atoms with van der Waals surface area (Å²) in [6, 6.07) is 8.54. The van der Waals surface area contributed by atoms with Gasteiger partial charge in [-0.05, 0) is 43.2 Å². The summed E-state index contributed by atoms with van der Waals surface area (Å²) in [5.74, 6) is 0.569. The zero-order chi connectivity index (χ0) is 16.2. The maximum Gasteiger partial charge on any atom is 0.255 e. The summed E-state index contributed by atoms with van der Waals surface area (Å²) in [7, 11) is 0. The van der Waals surface area contributed by atoms with E-state index in [0.717, 1.165) is 25.2 Å². The molecule has 0 aliphatic carbocycles. The van der Waals surface area contributed by atoms with Crippen molar-refractivity contribution in [3.8, 4) is 0 Å². The minimum Gasteiger partial charge on any atom is -0.467 e. The highest BCUT2D eigenvalue weighted by atomic mass is 35.5. The number of carbonyl (C=O) groups excluding carboxylic acids is 1. The van der Waals surface area contributed by atoms with Crippen LogP contribution in [0.2, 0.25) is 10.0 Å². The SMILES string of the molecule is O=C(c1ccc(Cl)cc1Cl)N(Cc1ccco1)CC1CCCO1. The molecule has 23 heavy (non-hydrogen) atoms. The Labute approximate surface area is 144 Å². The third kappa shape index (κ3) is 4.08. The minimum absolute atomic E-state index is 0.0555. The highest BCUT2D eigenvalue weighted by Crippen LogP contribution is 2.24. The van der Waals surface area contributed by atoms with Gasteiger partial charge in [0.1, 0.15) is 5.76 Å². The van der Waals surface area contributed by atoms with Crippen molar-refractivity contribution in [1.29, 1.82) is 0 Å². The summed E-state index contributed by atoms with van der Waals surface area (Å²) in [6.45, 7) is 1.64. The fraction of sp³-hybridized carbons (Fsp3) is 0.353. The summed E-state index contributed by atoms with van der Waals surface area (Å²) in [4.78, 5) is 14.6. The van der Waals surface area contributed by atoms with Gasteiger partial charge >= 0.3 is 0 Å². The first kappa shape index (κ1) is 16.4. The Kier molecular flexibility index (Phi) is 5.26. The fourth-order valence-electron chi connectivity index (χ4n) is 2.68. The Morgan fingerprint density at radius 1 is 1.30 bits per heavy atom. The Hall–Kier alpha value is -1.49. The fourth-order valence-corrected chi connectivity index (χ4v) is 3.17. The molecule has 1 aromatic carbocycles. The Balaban J connectivity index is 1.81. The van der Waals surface area contributed by atoms with Crippen LogP contribution in [0.25, 0.3) is 0 Å². The molecule has 1 saturated heterocycles. The second kappa shape index (κ2) is 7.39. The van der Waals surface area contributed by atoms with Crippen molar-refractivity contribution in [2.75, 3.05) is 13.2 Å². The number of rotatable bonds is 5. The molecule has 0 bridgehead atoms. The van der Waals surface area contributed by atoms with Gasteiger partial charge in [0, 0.05) is 18.2 Å². The number of benzene rings is 1. The molecule has 1 atom stereocenters. The van der Waals surface area contributed by atoms with E-state index >= 15 is 0 Å². The molecule has 122 valence electrons. The molecule has 2 aromatic rings. The Morgan fingerprint density at radius 3 is 2.83 bits per heavy atom. The smallest absolute Gasteiger partial charge is 0.255 e. The number of carbonyl (C=O) groups is 1. The van der Waals surface area contributed by atoms with Gasteiger partial charge in [0.2, 0.25) is 0 Å². The standard InChI is InChI=1S/C17H17Cl2NO3/c18-12-5-6-15(16(19)9-12)17(21)20(10-13-3-1-7-22-13)11-14-4-2-8-23-14/h1,3,5-7,9,14H,2,4,8,10-11H2. The lowest BCUT2D eigenvalue weighted by Crippen LogP contribution is -2.37. The molecule has 1 fully saturated rings. The van der Waals surface area contributed by atoms with Gasteiger partial charge < -0.3 is 14.1 Å². The predicted octanol–water partition coefficient (Wildman–Crippen LogP) is 4.41. The van der Waals surface area contributed by atoms with E-state index in [0.29, 0.717) is 28.7 Å². The zero-order valence-electron chi connectivity index (χ0n) is 12.5. The van der Waals surface area contributed by atoms with E-state index in [1.54, 1.807) is 35.4 Å². The predicted molar refractivity (Wildman–Crippen MR) is 88.9 cm³/mol. The van der Waals surface area contributed by atoms with Crippen LogP contribution in [0.3, 0.4) is 0 Å². The lowest BCUT2D eigenvalue weighted by molar-refractivity contribution is 0.0491. The molecule has 2 heterocycles. The first-order chi connectivity index (χ1) is 11.1. The molecule has 0 radical (unpaired) electrons. The number of hydrogen-bond donors (Lipinski definition) is 0. The maximum atomic E-state index is 12.9. The van der Waals surface area contributed by atoms with Crippen LogP contribution in [0.15, 0.2) is 41.0 Å². The molecule has 1 unspecified atom stereocenters. The molecule has 1 aliphatic heterocycles. The summed E-state index contributed by atoms with van der Waals surface area (Å²) < 4.78 is 11.0. The third-order valence-corrected chi connectivity index (χ3v) is 4.37. The van der Waals surface area contributed by atoms with E-state index in [-0.39, 0.29) is 12.0 Å². The van der Waals surface area contributed by atoms with Crippen molar-refractivity contribution in [3.63, 3.8) is 0 Å². The van der Waals surface area contributed by atoms with Crippen LogP contribution in [0.4, 0.5) is 0 Å². The average molecular weight is 354 g/mol. The molecular weight excluding hydrogens is 337 g/mol. The first-order valence-electron chi connectivity index (χ1n) is 7.52. The molecule has 1 aliphatic rings. The molecule has 1 aromatic heterocycles. The first-order valence-corrected chi connectivity index (χ1v) is 8.27. The largest absolute Gasteiger partial charge is 0.467 e. The molecule has 4 nitrogen and oxygen atoms in total. The monoisotopic (exact) mass is 353 g/mol. The number of furan rings is 1. The molecule has 3 rings (SSSR count). The quantitative estimate of drug-likeness (QED) is 0.799. The van der Waals surface area contributed by atoms with Crippen LogP contribution < -0.4 is 0 Å². The average Bonchev–Trinajstić information content (AvgIpc) is 3.19. The van der Waals surface area contributed by atoms with Crippen LogP contribution in [0.5, 0.6) is 0 Å². The van der Waals surface area contributed by atoms with E-state index in [1.165, 1.54) is 0 Å². The van der Waals surface area contributed by atoms with E-state index < -0.39 is 0 Å². The van der Waals surface area contributed by atoms with Crippen molar-refractivity contribution in [2.45, 2.75) is 25.5 Å². The summed E-state index contributed by atoms with van der Waals surface area (Å²) in [5.41, 5.74) is 0.431. The molecule has 0 saturated carbocycles. The highest BCUT2D eigenvalue weighted by Gasteiger charge is 2.25. The minimum atomic E-state index is -0.154. The van der Waals surface area contributed by atoms with Crippen molar-refractivity contribution in [3.05, 3.63) is 58.0 Å².